The lowest BCUT2D eigenvalue weighted by molar-refractivity contribution is 0.378. The van der Waals surface area contributed by atoms with Crippen LogP contribution in [-0.2, 0) is 6.42 Å². The van der Waals surface area contributed by atoms with Gasteiger partial charge in [-0.2, -0.15) is 0 Å². The molecule has 0 N–H and O–H groups in total. The minimum atomic E-state index is 0.393. The Hall–Kier alpha value is -1.37. The number of aromatic nitrogens is 1. The Morgan fingerprint density at radius 1 is 1.12 bits per heavy atom. The molecule has 0 atom stereocenters. The van der Waals surface area contributed by atoms with Gasteiger partial charge in [-0.1, -0.05) is 39.0 Å². The van der Waals surface area contributed by atoms with Gasteiger partial charge in [0.2, 0.25) is 0 Å². The van der Waals surface area contributed by atoms with Gasteiger partial charge in [0.15, 0.2) is 0 Å². The molecule has 16 heavy (non-hydrogen) atoms. The molecule has 1 heteroatoms. The lowest BCUT2D eigenvalue weighted by atomic mass is 9.88. The van der Waals surface area contributed by atoms with Crippen molar-refractivity contribution in [2.75, 3.05) is 0 Å². The van der Waals surface area contributed by atoms with Crippen molar-refractivity contribution in [2.24, 2.45) is 5.41 Å². The molecule has 0 spiro atoms. The predicted molar refractivity (Wildman–Crippen MR) is 69.5 cm³/mol. The van der Waals surface area contributed by atoms with Gasteiger partial charge in [0.25, 0.3) is 0 Å². The van der Waals surface area contributed by atoms with E-state index in [-0.39, 0.29) is 0 Å². The zero-order valence-corrected chi connectivity index (χ0v) is 10.3. The van der Waals surface area contributed by atoms with E-state index in [9.17, 15) is 0 Å². The van der Waals surface area contributed by atoms with Gasteiger partial charge in [0.1, 0.15) is 0 Å². The number of hydrogen-bond acceptors (Lipinski definition) is 1. The van der Waals surface area contributed by atoms with Gasteiger partial charge in [-0.25, -0.2) is 0 Å². The summed E-state index contributed by atoms with van der Waals surface area (Å²) >= 11 is 0. The molecule has 0 fully saturated rings. The quantitative estimate of drug-likeness (QED) is 0.728. The van der Waals surface area contributed by atoms with Crippen molar-refractivity contribution in [1.82, 2.24) is 4.98 Å². The van der Waals surface area contributed by atoms with Gasteiger partial charge >= 0.3 is 0 Å². The predicted octanol–water partition coefficient (Wildman–Crippen LogP) is 4.21. The molecule has 1 nitrogen and oxygen atoms in total. The molecule has 0 aliphatic carbocycles. The number of nitrogens with zero attached hydrogens (tertiary/aromatic N) is 1. The highest BCUT2D eigenvalue weighted by atomic mass is 14.6. The Morgan fingerprint density at radius 2 is 1.94 bits per heavy atom. The van der Waals surface area contributed by atoms with E-state index >= 15 is 0 Å². The highest BCUT2D eigenvalue weighted by molar-refractivity contribution is 5.84. The number of aryl methyl sites for hydroxylation is 1. The summed E-state index contributed by atoms with van der Waals surface area (Å²) in [6, 6.07) is 8.59. The second-order valence-corrected chi connectivity index (χ2v) is 5.57. The molecule has 2 aromatic rings. The zero-order chi connectivity index (χ0) is 11.6. The topological polar surface area (TPSA) is 12.9 Å². The van der Waals surface area contributed by atoms with E-state index in [0.29, 0.717) is 5.41 Å². The van der Waals surface area contributed by atoms with E-state index in [1.54, 1.807) is 0 Å². The summed E-state index contributed by atoms with van der Waals surface area (Å²) < 4.78 is 0. The summed E-state index contributed by atoms with van der Waals surface area (Å²) in [7, 11) is 0. The fraction of sp³-hybridized carbons (Fsp3) is 0.400. The summed E-state index contributed by atoms with van der Waals surface area (Å²) in [5.41, 5.74) is 1.81. The molecule has 1 aromatic heterocycles. The summed E-state index contributed by atoms with van der Waals surface area (Å²) in [6.07, 6.45) is 6.18. The second kappa shape index (κ2) is 4.25. The first kappa shape index (κ1) is 11.1. The van der Waals surface area contributed by atoms with Crippen molar-refractivity contribution in [1.29, 1.82) is 0 Å². The Morgan fingerprint density at radius 3 is 2.69 bits per heavy atom. The standard InChI is InChI=1S/C15H19N/c1-15(2,3)9-7-12-5-4-6-13-8-10-16-11-14(12)13/h4-6,8,10-11H,7,9H2,1-3H3. The van der Waals surface area contributed by atoms with Gasteiger partial charge in [0, 0.05) is 17.8 Å². The van der Waals surface area contributed by atoms with Crippen molar-refractivity contribution in [2.45, 2.75) is 33.6 Å². The first-order valence-corrected chi connectivity index (χ1v) is 5.88. The molecule has 0 amide bonds. The molecule has 0 saturated heterocycles. The average Bonchev–Trinajstić information content (AvgIpc) is 2.25. The van der Waals surface area contributed by atoms with Crippen LogP contribution in [0.2, 0.25) is 0 Å². The Bertz CT molecular complexity index is 475. The monoisotopic (exact) mass is 213 g/mol. The Balaban J connectivity index is 2.30. The van der Waals surface area contributed by atoms with Crippen LogP contribution in [0.5, 0.6) is 0 Å². The van der Waals surface area contributed by atoms with E-state index in [0.717, 1.165) is 6.42 Å². The highest BCUT2D eigenvalue weighted by Gasteiger charge is 2.11. The molecular weight excluding hydrogens is 194 g/mol. The molecule has 2 rings (SSSR count). The SMILES string of the molecule is CC(C)(C)CCc1cccc2ccncc12. The van der Waals surface area contributed by atoms with E-state index in [1.165, 1.54) is 22.8 Å². The number of pyridine rings is 1. The fourth-order valence-electron chi connectivity index (χ4n) is 1.90. The maximum Gasteiger partial charge on any atom is 0.0349 e. The molecule has 0 unspecified atom stereocenters. The van der Waals surface area contributed by atoms with Crippen LogP contribution >= 0.6 is 0 Å². The summed E-state index contributed by atoms with van der Waals surface area (Å²) in [4.78, 5) is 4.22. The summed E-state index contributed by atoms with van der Waals surface area (Å²) in [5.74, 6) is 0. The maximum atomic E-state index is 4.22. The van der Waals surface area contributed by atoms with Crippen LogP contribution in [-0.4, -0.2) is 4.98 Å². The molecule has 0 radical (unpaired) electrons. The lowest BCUT2D eigenvalue weighted by Crippen LogP contribution is -2.06. The van der Waals surface area contributed by atoms with Gasteiger partial charge in [-0.15, -0.1) is 0 Å². The molecule has 0 bridgehead atoms. The van der Waals surface area contributed by atoms with Crippen LogP contribution in [0.3, 0.4) is 0 Å². The van der Waals surface area contributed by atoms with E-state index in [4.69, 9.17) is 0 Å². The van der Waals surface area contributed by atoms with Gasteiger partial charge in [-0.3, -0.25) is 4.98 Å². The van der Waals surface area contributed by atoms with Crippen molar-refractivity contribution in [3.63, 3.8) is 0 Å². The summed E-state index contributed by atoms with van der Waals surface area (Å²) in [6.45, 7) is 6.86. The second-order valence-electron chi connectivity index (χ2n) is 5.57. The maximum absolute atomic E-state index is 4.22. The molecule has 1 aromatic carbocycles. The zero-order valence-electron chi connectivity index (χ0n) is 10.3. The van der Waals surface area contributed by atoms with Crippen LogP contribution in [0.15, 0.2) is 36.7 Å². The molecule has 0 aliphatic rings. The first-order chi connectivity index (χ1) is 7.56. The third kappa shape index (κ3) is 2.60. The first-order valence-electron chi connectivity index (χ1n) is 5.88. The normalized spacial score (nSPS) is 11.9. The molecule has 84 valence electrons. The Kier molecular flexibility index (Phi) is 2.95. The smallest absolute Gasteiger partial charge is 0.0349 e. The molecule has 1 heterocycles. The minimum absolute atomic E-state index is 0.393. The Labute approximate surface area is 97.5 Å². The van der Waals surface area contributed by atoms with Crippen molar-refractivity contribution in [3.05, 3.63) is 42.2 Å². The summed E-state index contributed by atoms with van der Waals surface area (Å²) in [5, 5.41) is 2.59. The van der Waals surface area contributed by atoms with E-state index in [2.05, 4.69) is 50.0 Å². The lowest BCUT2D eigenvalue weighted by Gasteiger charge is -2.18. The van der Waals surface area contributed by atoms with Gasteiger partial charge < -0.3 is 0 Å². The van der Waals surface area contributed by atoms with Crippen molar-refractivity contribution < 1.29 is 0 Å². The van der Waals surface area contributed by atoms with Crippen molar-refractivity contribution in [3.8, 4) is 0 Å². The molecular formula is C15H19N. The highest BCUT2D eigenvalue weighted by Crippen LogP contribution is 2.25. The third-order valence-electron chi connectivity index (χ3n) is 2.92. The molecule has 0 saturated carbocycles. The largest absolute Gasteiger partial charge is 0.264 e. The fourth-order valence-corrected chi connectivity index (χ4v) is 1.90. The van der Waals surface area contributed by atoms with Crippen LogP contribution in [0.1, 0.15) is 32.8 Å². The number of rotatable bonds is 2. The van der Waals surface area contributed by atoms with Crippen LogP contribution in [0.4, 0.5) is 0 Å². The van der Waals surface area contributed by atoms with E-state index < -0.39 is 0 Å². The average molecular weight is 213 g/mol. The number of hydrogen-bond donors (Lipinski definition) is 0. The van der Waals surface area contributed by atoms with Gasteiger partial charge in [-0.05, 0) is 35.3 Å². The van der Waals surface area contributed by atoms with Gasteiger partial charge in [0.05, 0.1) is 0 Å². The van der Waals surface area contributed by atoms with Crippen LogP contribution in [0, 0.1) is 5.41 Å². The van der Waals surface area contributed by atoms with Crippen LogP contribution < -0.4 is 0 Å². The van der Waals surface area contributed by atoms with Crippen molar-refractivity contribution >= 4 is 10.8 Å². The molecule has 0 aliphatic heterocycles. The minimum Gasteiger partial charge on any atom is -0.264 e. The van der Waals surface area contributed by atoms with Crippen LogP contribution in [0.25, 0.3) is 10.8 Å². The number of benzene rings is 1. The number of fused-ring (bicyclic) bond motifs is 1. The third-order valence-corrected chi connectivity index (χ3v) is 2.92. The van der Waals surface area contributed by atoms with E-state index in [1.807, 2.05) is 12.4 Å².